The minimum atomic E-state index is -0.829. The van der Waals surface area contributed by atoms with Crippen molar-refractivity contribution in [2.45, 2.75) is 53.0 Å². The minimum Gasteiger partial charge on any atom is -0.344 e. The van der Waals surface area contributed by atoms with Gasteiger partial charge in [-0.2, -0.15) is 5.10 Å². The molecule has 166 valence electrons. The number of aryl methyl sites for hydroxylation is 1. The van der Waals surface area contributed by atoms with Crippen molar-refractivity contribution in [1.82, 2.24) is 25.7 Å². The van der Waals surface area contributed by atoms with Crippen LogP contribution >= 0.6 is 11.6 Å². The second kappa shape index (κ2) is 9.07. The second-order valence-corrected chi connectivity index (χ2v) is 9.07. The molecular weight excluding hydrogens is 420 g/mol. The van der Waals surface area contributed by atoms with Gasteiger partial charge in [-0.15, -0.1) is 0 Å². The van der Waals surface area contributed by atoms with Crippen LogP contribution in [0.2, 0.25) is 5.02 Å². The summed E-state index contributed by atoms with van der Waals surface area (Å²) in [5, 5.41) is 16.3. The second-order valence-electron chi connectivity index (χ2n) is 8.64. The molecule has 2 aromatic rings. The summed E-state index contributed by atoms with van der Waals surface area (Å²) in [5.41, 5.74) is 1.29. The standard InChI is InChI=1S/C21H27ClN6O3/c1-12-9-16(25-19(31)18(30)23-11-13-5-7-14(22)8-6-13)28(27-12)20-24-15(21(2,3)4)10-17(29)26-20/h5-9,15,20,24H,10-11H2,1-4H3,(H,23,30)(H,25,31)(H,26,29). The van der Waals surface area contributed by atoms with Crippen molar-refractivity contribution in [3.63, 3.8) is 0 Å². The van der Waals surface area contributed by atoms with Crippen molar-refractivity contribution in [2.75, 3.05) is 5.32 Å². The lowest BCUT2D eigenvalue weighted by atomic mass is 9.84. The molecule has 2 unspecified atom stereocenters. The molecule has 10 heteroatoms. The van der Waals surface area contributed by atoms with Crippen molar-refractivity contribution in [3.05, 3.63) is 46.6 Å². The first kappa shape index (κ1) is 22.8. The minimum absolute atomic E-state index is 0.0815. The summed E-state index contributed by atoms with van der Waals surface area (Å²) in [6.07, 6.45) is -0.304. The van der Waals surface area contributed by atoms with Gasteiger partial charge < -0.3 is 16.0 Å². The SMILES string of the molecule is Cc1cc(NC(=O)C(=O)NCc2ccc(Cl)cc2)n(C2NC(=O)CC(C(C)(C)C)N2)n1. The first-order valence-corrected chi connectivity index (χ1v) is 10.4. The summed E-state index contributed by atoms with van der Waals surface area (Å²) in [6, 6.07) is 8.51. The van der Waals surface area contributed by atoms with Crippen LogP contribution in [0.3, 0.4) is 0 Å². The van der Waals surface area contributed by atoms with Gasteiger partial charge in [-0.3, -0.25) is 19.7 Å². The van der Waals surface area contributed by atoms with Crippen LogP contribution < -0.4 is 21.3 Å². The molecule has 1 aromatic heterocycles. The van der Waals surface area contributed by atoms with Gasteiger partial charge in [0.1, 0.15) is 5.82 Å². The number of rotatable bonds is 4. The van der Waals surface area contributed by atoms with E-state index in [9.17, 15) is 14.4 Å². The van der Waals surface area contributed by atoms with Crippen molar-refractivity contribution in [2.24, 2.45) is 5.41 Å². The molecule has 1 aliphatic rings. The third-order valence-corrected chi connectivity index (χ3v) is 5.26. The Hall–Kier alpha value is -2.91. The van der Waals surface area contributed by atoms with Gasteiger partial charge in [-0.1, -0.05) is 44.5 Å². The van der Waals surface area contributed by atoms with E-state index in [1.54, 1.807) is 37.3 Å². The Kier molecular flexibility index (Phi) is 6.66. The van der Waals surface area contributed by atoms with Gasteiger partial charge in [0, 0.05) is 30.1 Å². The Balaban J connectivity index is 1.68. The Bertz CT molecular complexity index is 980. The van der Waals surface area contributed by atoms with Crippen molar-refractivity contribution >= 4 is 35.1 Å². The molecule has 2 atom stereocenters. The molecular formula is C21H27ClN6O3. The Morgan fingerprint density at radius 2 is 1.90 bits per heavy atom. The number of hydrogen-bond acceptors (Lipinski definition) is 5. The monoisotopic (exact) mass is 446 g/mol. The molecule has 0 spiro atoms. The number of carbonyl (C=O) groups is 3. The molecule has 1 fully saturated rings. The average Bonchev–Trinajstić information content (AvgIpc) is 3.06. The van der Waals surface area contributed by atoms with Crippen LogP contribution in [0.5, 0.6) is 0 Å². The molecule has 9 nitrogen and oxygen atoms in total. The zero-order valence-electron chi connectivity index (χ0n) is 18.0. The Morgan fingerprint density at radius 3 is 2.55 bits per heavy atom. The highest BCUT2D eigenvalue weighted by molar-refractivity contribution is 6.39. The molecule has 0 aliphatic carbocycles. The van der Waals surface area contributed by atoms with E-state index in [0.717, 1.165) is 5.56 Å². The summed E-state index contributed by atoms with van der Waals surface area (Å²) in [4.78, 5) is 36.9. The van der Waals surface area contributed by atoms with Crippen LogP contribution in [-0.2, 0) is 20.9 Å². The number of aromatic nitrogens is 2. The fraction of sp³-hybridized carbons (Fsp3) is 0.429. The summed E-state index contributed by atoms with van der Waals surface area (Å²) in [5.74, 6) is -1.43. The molecule has 1 saturated heterocycles. The van der Waals surface area contributed by atoms with Gasteiger partial charge in [0.2, 0.25) is 5.91 Å². The zero-order valence-corrected chi connectivity index (χ0v) is 18.7. The van der Waals surface area contributed by atoms with Crippen LogP contribution in [0.1, 0.15) is 44.7 Å². The van der Waals surface area contributed by atoms with Gasteiger partial charge >= 0.3 is 11.8 Å². The third kappa shape index (κ3) is 5.83. The molecule has 1 aromatic carbocycles. The van der Waals surface area contributed by atoms with Crippen molar-refractivity contribution in [1.29, 1.82) is 0 Å². The van der Waals surface area contributed by atoms with E-state index in [1.807, 2.05) is 20.8 Å². The number of nitrogens with zero attached hydrogens (tertiary/aromatic N) is 2. The maximum atomic E-state index is 12.4. The molecule has 0 radical (unpaired) electrons. The number of nitrogens with one attached hydrogen (secondary N) is 4. The number of halogens is 1. The van der Waals surface area contributed by atoms with Gasteiger partial charge in [0.15, 0.2) is 6.29 Å². The van der Waals surface area contributed by atoms with Gasteiger partial charge in [0.05, 0.1) is 5.69 Å². The molecule has 4 N–H and O–H groups in total. The molecule has 0 bridgehead atoms. The maximum Gasteiger partial charge on any atom is 0.314 e. The third-order valence-electron chi connectivity index (χ3n) is 5.01. The van der Waals surface area contributed by atoms with E-state index in [4.69, 9.17) is 11.6 Å². The van der Waals surface area contributed by atoms with E-state index in [-0.39, 0.29) is 23.9 Å². The quantitative estimate of drug-likeness (QED) is 0.536. The highest BCUT2D eigenvalue weighted by Gasteiger charge is 2.35. The van der Waals surface area contributed by atoms with E-state index in [1.165, 1.54) is 4.68 Å². The topological polar surface area (TPSA) is 117 Å². The van der Waals surface area contributed by atoms with Gasteiger partial charge in [-0.25, -0.2) is 4.68 Å². The molecule has 1 aliphatic heterocycles. The summed E-state index contributed by atoms with van der Waals surface area (Å²) >= 11 is 5.85. The van der Waals surface area contributed by atoms with E-state index < -0.39 is 18.1 Å². The number of amides is 3. The van der Waals surface area contributed by atoms with Crippen LogP contribution in [0.15, 0.2) is 30.3 Å². The van der Waals surface area contributed by atoms with Crippen LogP contribution in [-0.4, -0.2) is 33.5 Å². The first-order chi connectivity index (χ1) is 14.5. The fourth-order valence-electron chi connectivity index (χ4n) is 3.22. The number of anilines is 1. The van der Waals surface area contributed by atoms with Gasteiger partial charge in [-0.05, 0) is 30.0 Å². The lowest BCUT2D eigenvalue weighted by molar-refractivity contribution is -0.136. The lowest BCUT2D eigenvalue weighted by Gasteiger charge is -2.39. The predicted molar refractivity (Wildman–Crippen MR) is 117 cm³/mol. The lowest BCUT2D eigenvalue weighted by Crippen LogP contribution is -2.57. The van der Waals surface area contributed by atoms with Crippen LogP contribution in [0, 0.1) is 12.3 Å². The highest BCUT2D eigenvalue weighted by atomic mass is 35.5. The van der Waals surface area contributed by atoms with Crippen LogP contribution in [0.25, 0.3) is 0 Å². The summed E-state index contributed by atoms with van der Waals surface area (Å²) in [7, 11) is 0. The molecule has 3 rings (SSSR count). The fourth-order valence-corrected chi connectivity index (χ4v) is 3.35. The van der Waals surface area contributed by atoms with E-state index in [0.29, 0.717) is 23.0 Å². The Labute approximate surface area is 185 Å². The van der Waals surface area contributed by atoms with Crippen molar-refractivity contribution in [3.8, 4) is 0 Å². The predicted octanol–water partition coefficient (Wildman–Crippen LogP) is 2.08. The average molecular weight is 447 g/mol. The molecule has 31 heavy (non-hydrogen) atoms. The van der Waals surface area contributed by atoms with Gasteiger partial charge in [0.25, 0.3) is 0 Å². The normalized spacial score (nSPS) is 18.9. The summed E-state index contributed by atoms with van der Waals surface area (Å²) < 4.78 is 1.47. The zero-order chi connectivity index (χ0) is 22.8. The van der Waals surface area contributed by atoms with E-state index >= 15 is 0 Å². The maximum absolute atomic E-state index is 12.4. The molecule has 0 saturated carbocycles. The summed E-state index contributed by atoms with van der Waals surface area (Å²) in [6.45, 7) is 8.08. The molecule has 3 amide bonds. The van der Waals surface area contributed by atoms with Crippen LogP contribution in [0.4, 0.5) is 5.82 Å². The number of benzene rings is 1. The van der Waals surface area contributed by atoms with E-state index in [2.05, 4.69) is 26.4 Å². The Morgan fingerprint density at radius 1 is 1.23 bits per heavy atom. The van der Waals surface area contributed by atoms with Crippen molar-refractivity contribution < 1.29 is 14.4 Å². The first-order valence-electron chi connectivity index (χ1n) is 9.98. The largest absolute Gasteiger partial charge is 0.344 e. The molecule has 2 heterocycles. The number of carbonyl (C=O) groups excluding carboxylic acids is 3. The number of hydrogen-bond donors (Lipinski definition) is 4. The highest BCUT2D eigenvalue weighted by Crippen LogP contribution is 2.27. The smallest absolute Gasteiger partial charge is 0.314 e.